The molecule has 2 fully saturated rings. The molecule has 4 unspecified atom stereocenters. The molecule has 1 saturated carbocycles. The fourth-order valence-corrected chi connectivity index (χ4v) is 5.64. The number of carbonyl (C=O) groups is 2. The first-order valence-electron chi connectivity index (χ1n) is 12.8. The Balaban J connectivity index is 1.20. The van der Waals surface area contributed by atoms with Crippen molar-refractivity contribution < 1.29 is 24.2 Å². The first-order chi connectivity index (χ1) is 17.6. The quantitative estimate of drug-likeness (QED) is 0.400. The molecule has 5 heteroatoms. The maximum Gasteiger partial charge on any atom is 0.338 e. The van der Waals surface area contributed by atoms with E-state index in [1.807, 2.05) is 60.7 Å². The van der Waals surface area contributed by atoms with Crippen LogP contribution in [0.15, 0.2) is 84.9 Å². The van der Waals surface area contributed by atoms with E-state index < -0.39 is 6.10 Å². The van der Waals surface area contributed by atoms with Crippen LogP contribution >= 0.6 is 0 Å². The Kier molecular flexibility index (Phi) is 7.47. The zero-order valence-corrected chi connectivity index (χ0v) is 20.3. The van der Waals surface area contributed by atoms with E-state index in [4.69, 9.17) is 9.47 Å². The molecule has 0 amide bonds. The molecule has 1 aliphatic heterocycles. The summed E-state index contributed by atoms with van der Waals surface area (Å²) in [5.41, 5.74) is 3.84. The molecule has 5 atom stereocenters. The molecule has 0 aromatic heterocycles. The standard InChI is InChI=1S/C31H32O5/c32-25(16-11-21-7-3-1-4-8-21)17-18-26-27-19-30(33)35-29(27)20-28(26)36-31(34)24-14-12-23(13-15-24)22-9-5-2-6-10-22/h1-10,12-15,25-29,32H,11,16-20H2/t25-,26?,27?,28?,29?/m1/s1. The molecule has 5 nitrogen and oxygen atoms in total. The lowest BCUT2D eigenvalue weighted by molar-refractivity contribution is -0.141. The van der Waals surface area contributed by atoms with Gasteiger partial charge in [0.25, 0.3) is 0 Å². The highest BCUT2D eigenvalue weighted by molar-refractivity contribution is 5.90. The molecule has 5 rings (SSSR count). The molecule has 0 bridgehead atoms. The van der Waals surface area contributed by atoms with Crippen LogP contribution in [0.4, 0.5) is 0 Å². The van der Waals surface area contributed by atoms with Crippen molar-refractivity contribution >= 4 is 11.9 Å². The molecule has 3 aromatic carbocycles. The van der Waals surface area contributed by atoms with E-state index >= 15 is 0 Å². The minimum absolute atomic E-state index is 0.000340. The first kappa shape index (κ1) is 24.3. The van der Waals surface area contributed by atoms with E-state index in [9.17, 15) is 14.7 Å². The summed E-state index contributed by atoms with van der Waals surface area (Å²) in [7, 11) is 0. The normalized spacial score (nSPS) is 23.6. The summed E-state index contributed by atoms with van der Waals surface area (Å²) in [4.78, 5) is 24.9. The molecule has 1 N–H and O–H groups in total. The summed E-state index contributed by atoms with van der Waals surface area (Å²) in [5.74, 6) is -0.501. The zero-order chi connectivity index (χ0) is 24.9. The van der Waals surface area contributed by atoms with Gasteiger partial charge in [-0.25, -0.2) is 4.79 Å². The topological polar surface area (TPSA) is 72.8 Å². The van der Waals surface area contributed by atoms with Gasteiger partial charge in [0.05, 0.1) is 18.1 Å². The van der Waals surface area contributed by atoms with Crippen molar-refractivity contribution in [1.29, 1.82) is 0 Å². The summed E-state index contributed by atoms with van der Waals surface area (Å²) in [6, 6.07) is 27.6. The average Bonchev–Trinajstić information content (AvgIpc) is 3.42. The van der Waals surface area contributed by atoms with Gasteiger partial charge in [-0.2, -0.15) is 0 Å². The third-order valence-corrected chi connectivity index (χ3v) is 7.58. The lowest BCUT2D eigenvalue weighted by Crippen LogP contribution is -2.27. The van der Waals surface area contributed by atoms with Crippen molar-refractivity contribution in [2.24, 2.45) is 11.8 Å². The highest BCUT2D eigenvalue weighted by Crippen LogP contribution is 2.45. The molecule has 186 valence electrons. The predicted octanol–water partition coefficient (Wildman–Crippen LogP) is 5.60. The molecule has 1 saturated heterocycles. The summed E-state index contributed by atoms with van der Waals surface area (Å²) < 4.78 is 11.5. The fraction of sp³-hybridized carbons (Fsp3) is 0.355. The highest BCUT2D eigenvalue weighted by Gasteiger charge is 2.51. The van der Waals surface area contributed by atoms with Gasteiger partial charge in [-0.05, 0) is 54.5 Å². The number of esters is 2. The van der Waals surface area contributed by atoms with Crippen LogP contribution in [-0.4, -0.2) is 35.4 Å². The fourth-order valence-electron chi connectivity index (χ4n) is 5.64. The van der Waals surface area contributed by atoms with Gasteiger partial charge in [0.1, 0.15) is 12.2 Å². The number of rotatable bonds is 9. The largest absolute Gasteiger partial charge is 0.462 e. The SMILES string of the molecule is O=C1CC2C(CC(OC(=O)c3ccc(-c4ccccc4)cc3)C2CC[C@H](O)CCc2ccccc2)O1. The maximum absolute atomic E-state index is 13.0. The Morgan fingerprint density at radius 2 is 1.58 bits per heavy atom. The van der Waals surface area contributed by atoms with Crippen LogP contribution in [0.3, 0.4) is 0 Å². The number of benzene rings is 3. The number of aliphatic hydroxyl groups is 1. The van der Waals surface area contributed by atoms with Crippen LogP contribution < -0.4 is 0 Å². The van der Waals surface area contributed by atoms with E-state index in [2.05, 4.69) is 12.1 Å². The van der Waals surface area contributed by atoms with Crippen molar-refractivity contribution in [3.8, 4) is 11.1 Å². The molecule has 0 radical (unpaired) electrons. The lowest BCUT2D eigenvalue weighted by Gasteiger charge is -2.24. The van der Waals surface area contributed by atoms with Crippen LogP contribution in [0.1, 0.15) is 48.0 Å². The van der Waals surface area contributed by atoms with E-state index in [1.54, 1.807) is 12.1 Å². The lowest BCUT2D eigenvalue weighted by atomic mass is 9.86. The number of aryl methyl sites for hydroxylation is 1. The molecule has 1 heterocycles. The van der Waals surface area contributed by atoms with Crippen molar-refractivity contribution in [1.82, 2.24) is 0 Å². The Bertz CT molecular complexity index is 1160. The zero-order valence-electron chi connectivity index (χ0n) is 20.3. The van der Waals surface area contributed by atoms with Crippen LogP contribution in [0.5, 0.6) is 0 Å². The van der Waals surface area contributed by atoms with Crippen LogP contribution in [-0.2, 0) is 20.7 Å². The molecule has 3 aromatic rings. The molecule has 2 aliphatic rings. The number of fused-ring (bicyclic) bond motifs is 1. The summed E-state index contributed by atoms with van der Waals surface area (Å²) in [6.45, 7) is 0. The smallest absolute Gasteiger partial charge is 0.338 e. The Morgan fingerprint density at radius 3 is 2.31 bits per heavy atom. The number of hydrogen-bond donors (Lipinski definition) is 1. The van der Waals surface area contributed by atoms with Crippen LogP contribution in [0.25, 0.3) is 11.1 Å². The van der Waals surface area contributed by atoms with Crippen LogP contribution in [0.2, 0.25) is 0 Å². The number of carbonyl (C=O) groups excluding carboxylic acids is 2. The summed E-state index contributed by atoms with van der Waals surface area (Å²) in [5, 5.41) is 10.6. The molecular weight excluding hydrogens is 452 g/mol. The summed E-state index contributed by atoms with van der Waals surface area (Å²) >= 11 is 0. The second-order valence-electron chi connectivity index (χ2n) is 9.94. The third kappa shape index (κ3) is 5.68. The van der Waals surface area contributed by atoms with Gasteiger partial charge in [-0.15, -0.1) is 0 Å². The molecule has 0 spiro atoms. The van der Waals surface area contributed by atoms with Gasteiger partial charge in [0.2, 0.25) is 0 Å². The monoisotopic (exact) mass is 484 g/mol. The van der Waals surface area contributed by atoms with E-state index in [-0.39, 0.29) is 36.0 Å². The first-order valence-corrected chi connectivity index (χ1v) is 12.8. The Morgan fingerprint density at radius 1 is 0.917 bits per heavy atom. The van der Waals surface area contributed by atoms with Crippen molar-refractivity contribution in [3.05, 3.63) is 96.1 Å². The van der Waals surface area contributed by atoms with Gasteiger partial charge in [0, 0.05) is 18.3 Å². The minimum atomic E-state index is -0.441. The average molecular weight is 485 g/mol. The highest BCUT2D eigenvalue weighted by atomic mass is 16.6. The van der Waals surface area contributed by atoms with Gasteiger partial charge >= 0.3 is 11.9 Å². The second kappa shape index (κ2) is 11.1. The van der Waals surface area contributed by atoms with Gasteiger partial charge in [-0.3, -0.25) is 4.79 Å². The number of ether oxygens (including phenoxy) is 2. The summed E-state index contributed by atoms with van der Waals surface area (Å²) in [6.07, 6.45) is 2.70. The van der Waals surface area contributed by atoms with Gasteiger partial charge in [0.15, 0.2) is 0 Å². The number of hydrogen-bond acceptors (Lipinski definition) is 5. The second-order valence-corrected chi connectivity index (χ2v) is 9.94. The van der Waals surface area contributed by atoms with Crippen LogP contribution in [0, 0.1) is 11.8 Å². The number of aliphatic hydroxyl groups excluding tert-OH is 1. The molecular formula is C31H32O5. The van der Waals surface area contributed by atoms with Crippen molar-refractivity contribution in [2.75, 3.05) is 0 Å². The Labute approximate surface area is 212 Å². The molecule has 36 heavy (non-hydrogen) atoms. The van der Waals surface area contributed by atoms with Gasteiger partial charge in [-0.1, -0.05) is 72.8 Å². The van der Waals surface area contributed by atoms with Crippen molar-refractivity contribution in [2.45, 2.75) is 56.8 Å². The van der Waals surface area contributed by atoms with Gasteiger partial charge < -0.3 is 14.6 Å². The van der Waals surface area contributed by atoms with E-state index in [0.29, 0.717) is 37.7 Å². The van der Waals surface area contributed by atoms with E-state index in [1.165, 1.54) is 5.56 Å². The third-order valence-electron chi connectivity index (χ3n) is 7.58. The minimum Gasteiger partial charge on any atom is -0.462 e. The van der Waals surface area contributed by atoms with Crippen molar-refractivity contribution in [3.63, 3.8) is 0 Å². The molecule has 1 aliphatic carbocycles. The predicted molar refractivity (Wildman–Crippen MR) is 137 cm³/mol. The maximum atomic E-state index is 13.0. The van der Waals surface area contributed by atoms with E-state index in [0.717, 1.165) is 17.5 Å². The Hall–Kier alpha value is -3.44.